The Morgan fingerprint density at radius 2 is 2.09 bits per heavy atom. The highest BCUT2D eigenvalue weighted by molar-refractivity contribution is 5.25. The average molecular weight is 310 g/mol. The third-order valence-corrected chi connectivity index (χ3v) is 4.53. The molecule has 0 aliphatic heterocycles. The van der Waals surface area contributed by atoms with Crippen molar-refractivity contribution in [2.45, 2.75) is 50.6 Å². The third-order valence-electron chi connectivity index (χ3n) is 4.53. The maximum Gasteiger partial charge on any atom is 0.0605 e. The van der Waals surface area contributed by atoms with Crippen molar-refractivity contribution in [1.82, 2.24) is 15.3 Å². The molecule has 1 aliphatic rings. The van der Waals surface area contributed by atoms with E-state index in [9.17, 15) is 0 Å². The van der Waals surface area contributed by atoms with Gasteiger partial charge in [-0.3, -0.25) is 9.97 Å². The SMILES string of the molecule is NC(CCCNC1CCCc2cccnc21)Cc1ccccn1. The van der Waals surface area contributed by atoms with Crippen LogP contribution in [0.3, 0.4) is 0 Å². The Bertz CT molecular complexity index is 599. The normalized spacial score (nSPS) is 18.4. The van der Waals surface area contributed by atoms with Crippen LogP contribution in [0.2, 0.25) is 0 Å². The first-order valence-electron chi connectivity index (χ1n) is 8.65. The summed E-state index contributed by atoms with van der Waals surface area (Å²) >= 11 is 0. The zero-order valence-electron chi connectivity index (χ0n) is 13.6. The predicted molar refractivity (Wildman–Crippen MR) is 93.1 cm³/mol. The van der Waals surface area contributed by atoms with Gasteiger partial charge >= 0.3 is 0 Å². The Morgan fingerprint density at radius 1 is 1.17 bits per heavy atom. The Morgan fingerprint density at radius 3 is 2.96 bits per heavy atom. The molecule has 0 aromatic carbocycles. The number of hydrogen-bond donors (Lipinski definition) is 2. The summed E-state index contributed by atoms with van der Waals surface area (Å²) < 4.78 is 0. The average Bonchev–Trinajstić information content (AvgIpc) is 2.60. The second-order valence-corrected chi connectivity index (χ2v) is 6.37. The molecule has 0 spiro atoms. The van der Waals surface area contributed by atoms with E-state index >= 15 is 0 Å². The van der Waals surface area contributed by atoms with Crippen molar-refractivity contribution in [3.05, 3.63) is 59.7 Å². The monoisotopic (exact) mass is 310 g/mol. The maximum absolute atomic E-state index is 6.22. The minimum atomic E-state index is 0.184. The molecular formula is C19H26N4. The van der Waals surface area contributed by atoms with Crippen molar-refractivity contribution in [1.29, 1.82) is 0 Å². The van der Waals surface area contributed by atoms with Crippen LogP contribution in [0, 0.1) is 0 Å². The number of hydrogen-bond acceptors (Lipinski definition) is 4. The van der Waals surface area contributed by atoms with Crippen molar-refractivity contribution in [2.24, 2.45) is 5.73 Å². The summed E-state index contributed by atoms with van der Waals surface area (Å²) in [4.78, 5) is 8.92. The zero-order valence-corrected chi connectivity index (χ0v) is 13.6. The highest BCUT2D eigenvalue weighted by atomic mass is 14.9. The number of aromatic nitrogens is 2. The van der Waals surface area contributed by atoms with Crippen molar-refractivity contribution >= 4 is 0 Å². The van der Waals surface area contributed by atoms with E-state index in [0.717, 1.165) is 37.9 Å². The maximum atomic E-state index is 6.22. The largest absolute Gasteiger partial charge is 0.327 e. The number of pyridine rings is 2. The Labute approximate surface area is 138 Å². The van der Waals surface area contributed by atoms with Crippen LogP contribution in [0.4, 0.5) is 0 Å². The molecule has 0 amide bonds. The van der Waals surface area contributed by atoms with Crippen molar-refractivity contribution in [3.8, 4) is 0 Å². The number of nitrogens with one attached hydrogen (secondary N) is 1. The molecule has 2 heterocycles. The number of nitrogens with two attached hydrogens (primary N) is 1. The summed E-state index contributed by atoms with van der Waals surface area (Å²) in [5.74, 6) is 0. The Balaban J connectivity index is 1.40. The third kappa shape index (κ3) is 4.60. The quantitative estimate of drug-likeness (QED) is 0.772. The first-order chi connectivity index (χ1) is 11.3. The summed E-state index contributed by atoms with van der Waals surface area (Å²) in [6, 6.07) is 10.8. The lowest BCUT2D eigenvalue weighted by molar-refractivity contribution is 0.433. The minimum absolute atomic E-state index is 0.184. The molecule has 0 bridgehead atoms. The highest BCUT2D eigenvalue weighted by Gasteiger charge is 2.20. The Hall–Kier alpha value is -1.78. The number of rotatable bonds is 7. The molecule has 122 valence electrons. The molecule has 0 fully saturated rings. The van der Waals surface area contributed by atoms with Crippen LogP contribution in [-0.4, -0.2) is 22.6 Å². The fourth-order valence-electron chi connectivity index (χ4n) is 3.34. The van der Waals surface area contributed by atoms with Crippen LogP contribution in [0.5, 0.6) is 0 Å². The van der Waals surface area contributed by atoms with Gasteiger partial charge in [0.05, 0.1) is 5.69 Å². The summed E-state index contributed by atoms with van der Waals surface area (Å²) in [5.41, 5.74) is 9.96. The van der Waals surface area contributed by atoms with Crippen molar-refractivity contribution in [3.63, 3.8) is 0 Å². The predicted octanol–water partition coefficient (Wildman–Crippen LogP) is 2.79. The van der Waals surface area contributed by atoms with Gasteiger partial charge in [-0.2, -0.15) is 0 Å². The van der Waals surface area contributed by atoms with Gasteiger partial charge in [0.15, 0.2) is 0 Å². The van der Waals surface area contributed by atoms with E-state index in [0.29, 0.717) is 6.04 Å². The first kappa shape index (κ1) is 16.1. The summed E-state index contributed by atoms with van der Waals surface area (Å²) in [6.07, 6.45) is 10.3. The summed E-state index contributed by atoms with van der Waals surface area (Å²) in [7, 11) is 0. The summed E-state index contributed by atoms with van der Waals surface area (Å²) in [5, 5.41) is 3.66. The van der Waals surface area contributed by atoms with E-state index in [1.54, 1.807) is 0 Å². The van der Waals surface area contributed by atoms with Gasteiger partial charge in [-0.1, -0.05) is 12.1 Å². The fraction of sp³-hybridized carbons (Fsp3) is 0.474. The van der Waals surface area contributed by atoms with Gasteiger partial charge in [0.1, 0.15) is 0 Å². The van der Waals surface area contributed by atoms with Gasteiger partial charge in [0.2, 0.25) is 0 Å². The molecule has 0 radical (unpaired) electrons. The van der Waals surface area contributed by atoms with Crippen LogP contribution >= 0.6 is 0 Å². The van der Waals surface area contributed by atoms with Crippen LogP contribution in [0.15, 0.2) is 42.7 Å². The van der Waals surface area contributed by atoms with Gasteiger partial charge in [-0.25, -0.2) is 0 Å². The topological polar surface area (TPSA) is 63.8 Å². The van der Waals surface area contributed by atoms with E-state index in [4.69, 9.17) is 5.73 Å². The van der Waals surface area contributed by atoms with E-state index in [2.05, 4.69) is 21.4 Å². The van der Waals surface area contributed by atoms with Crippen LogP contribution in [-0.2, 0) is 12.8 Å². The standard InChI is InChI=1S/C19H26N4/c20-16(14-17-9-1-2-11-21-17)8-5-12-22-18-10-3-6-15-7-4-13-23-19(15)18/h1-2,4,7,9,11,13,16,18,22H,3,5-6,8,10,12,14,20H2. The van der Waals surface area contributed by atoms with Gasteiger partial charge in [-0.05, 0) is 62.4 Å². The summed E-state index contributed by atoms with van der Waals surface area (Å²) in [6.45, 7) is 0.997. The smallest absolute Gasteiger partial charge is 0.0605 e. The second-order valence-electron chi connectivity index (χ2n) is 6.37. The Kier molecular flexibility index (Phi) is 5.72. The molecule has 2 aromatic heterocycles. The molecule has 0 saturated carbocycles. The number of aryl methyl sites for hydroxylation is 1. The molecule has 4 nitrogen and oxygen atoms in total. The molecule has 23 heavy (non-hydrogen) atoms. The van der Waals surface area contributed by atoms with Crippen molar-refractivity contribution < 1.29 is 0 Å². The van der Waals surface area contributed by atoms with Crippen LogP contribution < -0.4 is 11.1 Å². The molecule has 3 N–H and O–H groups in total. The minimum Gasteiger partial charge on any atom is -0.327 e. The lowest BCUT2D eigenvalue weighted by Gasteiger charge is -2.25. The van der Waals surface area contributed by atoms with E-state index in [-0.39, 0.29) is 6.04 Å². The lowest BCUT2D eigenvalue weighted by atomic mass is 9.92. The fourth-order valence-corrected chi connectivity index (χ4v) is 3.34. The molecular weight excluding hydrogens is 284 g/mol. The van der Waals surface area contributed by atoms with Gasteiger partial charge in [0, 0.05) is 36.6 Å². The first-order valence-corrected chi connectivity index (χ1v) is 8.65. The number of nitrogens with zero attached hydrogens (tertiary/aromatic N) is 2. The van der Waals surface area contributed by atoms with E-state index in [1.165, 1.54) is 24.1 Å². The van der Waals surface area contributed by atoms with Gasteiger partial charge < -0.3 is 11.1 Å². The van der Waals surface area contributed by atoms with Crippen molar-refractivity contribution in [2.75, 3.05) is 6.54 Å². The van der Waals surface area contributed by atoms with Crippen LogP contribution in [0.25, 0.3) is 0 Å². The second kappa shape index (κ2) is 8.18. The molecule has 2 atom stereocenters. The molecule has 2 aromatic rings. The zero-order chi connectivity index (χ0) is 15.9. The van der Waals surface area contributed by atoms with Gasteiger partial charge in [0.25, 0.3) is 0 Å². The van der Waals surface area contributed by atoms with E-state index < -0.39 is 0 Å². The molecule has 4 heteroatoms. The molecule has 0 saturated heterocycles. The molecule has 3 rings (SSSR count). The van der Waals surface area contributed by atoms with Crippen LogP contribution in [0.1, 0.15) is 48.7 Å². The lowest BCUT2D eigenvalue weighted by Crippen LogP contribution is -2.29. The highest BCUT2D eigenvalue weighted by Crippen LogP contribution is 2.27. The van der Waals surface area contributed by atoms with Gasteiger partial charge in [-0.15, -0.1) is 0 Å². The molecule has 1 aliphatic carbocycles. The molecule has 2 unspecified atom stereocenters. The van der Waals surface area contributed by atoms with E-state index in [1.807, 2.05) is 36.7 Å². The number of fused-ring (bicyclic) bond motifs is 1.